The number of hydrogen-bond donors (Lipinski definition) is 0. The Balaban J connectivity index is 2.54. The molecule has 0 aliphatic carbocycles. The van der Waals surface area contributed by atoms with Gasteiger partial charge < -0.3 is 4.90 Å². The number of amides is 1. The number of halogens is 1. The molecule has 2 nitrogen and oxygen atoms in total. The first-order valence-electron chi connectivity index (χ1n) is 3.32. The summed E-state index contributed by atoms with van der Waals surface area (Å²) in [6.45, 7) is 4.54. The lowest BCUT2D eigenvalue weighted by atomic mass is 10.4. The number of hydrogen-bond acceptors (Lipinski definition) is 1. The molecule has 10 heavy (non-hydrogen) atoms. The lowest BCUT2D eigenvalue weighted by Gasteiger charge is -2.18. The monoisotopic (exact) mass is 251 g/mol. The minimum atomic E-state index is 0.188. The van der Waals surface area contributed by atoms with Gasteiger partial charge in [0.25, 0.3) is 0 Å². The van der Waals surface area contributed by atoms with E-state index < -0.39 is 0 Å². The molecule has 0 N–H and O–H groups in total. The largest absolute Gasteiger partial charge is 0.327 e. The molecule has 1 heterocycles. The third-order valence-electron chi connectivity index (χ3n) is 1.60. The van der Waals surface area contributed by atoms with Crippen LogP contribution >= 0.6 is 22.6 Å². The number of carbonyl (C=O) groups is 1. The molecule has 1 amide bonds. The molecule has 56 valence electrons. The van der Waals surface area contributed by atoms with Crippen LogP contribution in [0, 0.1) is 0 Å². The van der Waals surface area contributed by atoms with Crippen LogP contribution in [0.1, 0.15) is 12.8 Å². The summed E-state index contributed by atoms with van der Waals surface area (Å²) in [6.07, 6.45) is 3.52. The van der Waals surface area contributed by atoms with Crippen LogP contribution in [-0.4, -0.2) is 21.4 Å². The summed E-state index contributed by atoms with van der Waals surface area (Å²) in [5, 5.41) is 0. The van der Waals surface area contributed by atoms with E-state index in [0.717, 1.165) is 13.0 Å². The molecule has 3 heteroatoms. The smallest absolute Gasteiger partial charge is 0.223 e. The number of rotatable bonds is 2. The average Bonchev–Trinajstić information content (AvgIpc) is 2.34. The molecule has 1 unspecified atom stereocenters. The minimum Gasteiger partial charge on any atom is -0.327 e. The Morgan fingerprint density at radius 1 is 1.80 bits per heavy atom. The maximum absolute atomic E-state index is 11.0. The van der Waals surface area contributed by atoms with Gasteiger partial charge in [0.05, 0.1) is 0 Å². The second-order valence-electron chi connectivity index (χ2n) is 2.30. The van der Waals surface area contributed by atoms with Gasteiger partial charge in [-0.2, -0.15) is 0 Å². The zero-order valence-corrected chi connectivity index (χ0v) is 7.87. The normalized spacial score (nSPS) is 21.3. The summed E-state index contributed by atoms with van der Waals surface area (Å²) in [4.78, 5) is 12.9. The fourth-order valence-corrected chi connectivity index (χ4v) is 1.65. The van der Waals surface area contributed by atoms with Gasteiger partial charge in [-0.25, -0.2) is 0 Å². The fourth-order valence-electron chi connectivity index (χ4n) is 1.06. The van der Waals surface area contributed by atoms with Crippen molar-refractivity contribution in [2.75, 3.05) is 6.54 Å². The fraction of sp³-hybridized carbons (Fsp3) is 0.571. The highest BCUT2D eigenvalue weighted by molar-refractivity contribution is 14.1. The minimum absolute atomic E-state index is 0.188. The maximum Gasteiger partial charge on any atom is 0.223 e. The van der Waals surface area contributed by atoms with E-state index in [0.29, 0.717) is 6.42 Å². The van der Waals surface area contributed by atoms with Crippen LogP contribution in [0.5, 0.6) is 0 Å². The standard InChI is InChI=1S/C7H10INO/c1-2-6(8)9-5-3-4-7(9)10/h2,6H,1,3-5H2. The van der Waals surface area contributed by atoms with E-state index in [1.54, 1.807) is 6.08 Å². The Kier molecular flexibility index (Phi) is 2.71. The van der Waals surface area contributed by atoms with Gasteiger partial charge >= 0.3 is 0 Å². The summed E-state index contributed by atoms with van der Waals surface area (Å²) < 4.78 is 0.188. The Hall–Kier alpha value is -0.0600. The molecule has 1 rings (SSSR count). The highest BCUT2D eigenvalue weighted by atomic mass is 127. The van der Waals surface area contributed by atoms with Gasteiger partial charge in [0.2, 0.25) is 5.91 Å². The van der Waals surface area contributed by atoms with Crippen molar-refractivity contribution < 1.29 is 4.79 Å². The molecule has 1 fully saturated rings. The molecule has 0 spiro atoms. The maximum atomic E-state index is 11.0. The molecule has 1 aliphatic heterocycles. The average molecular weight is 251 g/mol. The van der Waals surface area contributed by atoms with Crippen LogP contribution in [-0.2, 0) is 4.79 Å². The molecule has 1 saturated heterocycles. The zero-order valence-electron chi connectivity index (χ0n) is 5.72. The first-order chi connectivity index (χ1) is 4.75. The molecular weight excluding hydrogens is 241 g/mol. The van der Waals surface area contributed by atoms with E-state index in [4.69, 9.17) is 0 Å². The summed E-state index contributed by atoms with van der Waals surface area (Å²) >= 11 is 2.21. The summed E-state index contributed by atoms with van der Waals surface area (Å²) in [7, 11) is 0. The third kappa shape index (κ3) is 1.51. The summed E-state index contributed by atoms with van der Waals surface area (Å²) in [6, 6.07) is 0. The van der Waals surface area contributed by atoms with Crippen LogP contribution in [0.2, 0.25) is 0 Å². The van der Waals surface area contributed by atoms with Crippen LogP contribution < -0.4 is 0 Å². The molecule has 0 aromatic carbocycles. The number of carbonyl (C=O) groups excluding carboxylic acids is 1. The van der Waals surface area contributed by atoms with Gasteiger partial charge in [-0.15, -0.1) is 6.58 Å². The van der Waals surface area contributed by atoms with E-state index >= 15 is 0 Å². The van der Waals surface area contributed by atoms with Crippen LogP contribution in [0.15, 0.2) is 12.7 Å². The van der Waals surface area contributed by atoms with Gasteiger partial charge in [-0.1, -0.05) is 28.7 Å². The summed E-state index contributed by atoms with van der Waals surface area (Å²) in [5.41, 5.74) is 0. The van der Waals surface area contributed by atoms with E-state index in [1.807, 2.05) is 4.90 Å². The van der Waals surface area contributed by atoms with Gasteiger partial charge in [0, 0.05) is 13.0 Å². The van der Waals surface area contributed by atoms with E-state index in [9.17, 15) is 4.79 Å². The van der Waals surface area contributed by atoms with Crippen molar-refractivity contribution in [2.24, 2.45) is 0 Å². The predicted molar refractivity (Wildman–Crippen MR) is 49.0 cm³/mol. The molecule has 0 saturated carbocycles. The number of nitrogens with zero attached hydrogens (tertiary/aromatic N) is 1. The highest BCUT2D eigenvalue weighted by Crippen LogP contribution is 2.17. The van der Waals surface area contributed by atoms with Crippen LogP contribution in [0.3, 0.4) is 0 Å². The first-order valence-corrected chi connectivity index (χ1v) is 4.56. The van der Waals surface area contributed by atoms with Gasteiger partial charge in [0.1, 0.15) is 4.05 Å². The predicted octanol–water partition coefficient (Wildman–Crippen LogP) is 1.56. The van der Waals surface area contributed by atoms with Gasteiger partial charge in [-0.3, -0.25) is 4.79 Å². The Labute approximate surface area is 74.4 Å². The van der Waals surface area contributed by atoms with E-state index in [2.05, 4.69) is 29.2 Å². The quantitative estimate of drug-likeness (QED) is 0.315. The second kappa shape index (κ2) is 3.37. The summed E-state index contributed by atoms with van der Waals surface area (Å²) in [5.74, 6) is 0.263. The van der Waals surface area contributed by atoms with Gasteiger partial charge in [0.15, 0.2) is 0 Å². The van der Waals surface area contributed by atoms with Crippen molar-refractivity contribution in [3.63, 3.8) is 0 Å². The number of likely N-dealkylation sites (tertiary alicyclic amines) is 1. The topological polar surface area (TPSA) is 20.3 Å². The van der Waals surface area contributed by atoms with Crippen molar-refractivity contribution in [2.45, 2.75) is 16.9 Å². The zero-order chi connectivity index (χ0) is 7.56. The van der Waals surface area contributed by atoms with Crippen molar-refractivity contribution in [1.82, 2.24) is 4.90 Å². The Morgan fingerprint density at radius 2 is 2.50 bits per heavy atom. The van der Waals surface area contributed by atoms with Crippen molar-refractivity contribution in [1.29, 1.82) is 0 Å². The lowest BCUT2D eigenvalue weighted by Crippen LogP contribution is -2.30. The van der Waals surface area contributed by atoms with Crippen LogP contribution in [0.4, 0.5) is 0 Å². The Bertz CT molecular complexity index is 158. The third-order valence-corrected chi connectivity index (χ3v) is 2.78. The van der Waals surface area contributed by atoms with E-state index in [-0.39, 0.29) is 9.96 Å². The van der Waals surface area contributed by atoms with Crippen LogP contribution in [0.25, 0.3) is 0 Å². The number of alkyl halides is 1. The van der Waals surface area contributed by atoms with Crippen molar-refractivity contribution >= 4 is 28.5 Å². The first kappa shape index (κ1) is 8.04. The molecule has 0 radical (unpaired) electrons. The second-order valence-corrected chi connectivity index (χ2v) is 3.58. The molecule has 1 atom stereocenters. The van der Waals surface area contributed by atoms with E-state index in [1.165, 1.54) is 0 Å². The van der Waals surface area contributed by atoms with Gasteiger partial charge in [-0.05, 0) is 6.42 Å². The molecule has 0 aromatic rings. The Morgan fingerprint density at radius 3 is 2.90 bits per heavy atom. The van der Waals surface area contributed by atoms with Crippen molar-refractivity contribution in [3.05, 3.63) is 12.7 Å². The molecule has 1 aliphatic rings. The lowest BCUT2D eigenvalue weighted by molar-refractivity contribution is -0.127. The SMILES string of the molecule is C=CC(I)N1CCCC1=O. The molecular formula is C7H10INO. The molecule has 0 bridgehead atoms. The molecule has 0 aromatic heterocycles. The van der Waals surface area contributed by atoms with Crippen molar-refractivity contribution in [3.8, 4) is 0 Å². The highest BCUT2D eigenvalue weighted by Gasteiger charge is 2.23.